The Balaban J connectivity index is 1.91. The van der Waals surface area contributed by atoms with E-state index in [1.54, 1.807) is 12.1 Å². The number of phenolic OH excluding ortho intramolecular Hbond substituents is 1. The van der Waals surface area contributed by atoms with Crippen molar-refractivity contribution >= 4 is 5.91 Å². The van der Waals surface area contributed by atoms with Crippen LogP contribution in [0.3, 0.4) is 0 Å². The Morgan fingerprint density at radius 2 is 2.00 bits per heavy atom. The highest BCUT2D eigenvalue weighted by molar-refractivity contribution is 5.94. The van der Waals surface area contributed by atoms with E-state index in [1.165, 1.54) is 31.4 Å². The summed E-state index contributed by atoms with van der Waals surface area (Å²) in [5.41, 5.74) is 0.945. The topological polar surface area (TPSA) is 49.3 Å². The Morgan fingerprint density at radius 3 is 2.47 bits per heavy atom. The smallest absolute Gasteiger partial charge is 0.251 e. The molecule has 1 fully saturated rings. The maximum Gasteiger partial charge on any atom is 0.251 e. The molecule has 1 aliphatic carbocycles. The summed E-state index contributed by atoms with van der Waals surface area (Å²) in [5, 5.41) is 12.1. The molecule has 92 valence electrons. The third-order valence-electron chi connectivity index (χ3n) is 3.92. The first-order valence-electron chi connectivity index (χ1n) is 6.22. The lowest BCUT2D eigenvalue weighted by molar-refractivity contribution is 0.0850. The standard InChI is InChI=1S/C14H19NO2/c1-2-14(8-3-9-14)10-15-13(17)11-4-6-12(16)7-5-11/h4-7,16H,2-3,8-10H2,1H3,(H,15,17). The lowest BCUT2D eigenvalue weighted by atomic mass is 9.67. The second-order valence-electron chi connectivity index (χ2n) is 4.94. The largest absolute Gasteiger partial charge is 0.508 e. The van der Waals surface area contributed by atoms with Gasteiger partial charge >= 0.3 is 0 Å². The average Bonchev–Trinajstić information content (AvgIpc) is 2.29. The zero-order valence-electron chi connectivity index (χ0n) is 10.2. The number of hydrogen-bond acceptors (Lipinski definition) is 2. The molecular weight excluding hydrogens is 214 g/mol. The quantitative estimate of drug-likeness (QED) is 0.840. The molecule has 0 aliphatic heterocycles. The van der Waals surface area contributed by atoms with Gasteiger partial charge in [-0.15, -0.1) is 0 Å². The van der Waals surface area contributed by atoms with Crippen molar-refractivity contribution in [3.63, 3.8) is 0 Å². The fraction of sp³-hybridized carbons (Fsp3) is 0.500. The van der Waals surface area contributed by atoms with Gasteiger partial charge in [0, 0.05) is 12.1 Å². The second kappa shape index (κ2) is 4.78. The molecule has 2 N–H and O–H groups in total. The summed E-state index contributed by atoms with van der Waals surface area (Å²) in [5.74, 6) is 0.135. The Labute approximate surface area is 102 Å². The van der Waals surface area contributed by atoms with Gasteiger partial charge in [-0.3, -0.25) is 4.79 Å². The van der Waals surface area contributed by atoms with Gasteiger partial charge in [0.25, 0.3) is 5.91 Å². The number of amides is 1. The zero-order valence-corrected chi connectivity index (χ0v) is 10.2. The van der Waals surface area contributed by atoms with Crippen LogP contribution in [-0.2, 0) is 0 Å². The van der Waals surface area contributed by atoms with Crippen molar-refractivity contribution in [1.82, 2.24) is 5.32 Å². The number of nitrogens with one attached hydrogen (secondary N) is 1. The summed E-state index contributed by atoms with van der Waals surface area (Å²) in [7, 11) is 0. The summed E-state index contributed by atoms with van der Waals surface area (Å²) >= 11 is 0. The summed E-state index contributed by atoms with van der Waals surface area (Å²) < 4.78 is 0. The van der Waals surface area contributed by atoms with Crippen LogP contribution in [-0.4, -0.2) is 17.6 Å². The van der Waals surface area contributed by atoms with E-state index < -0.39 is 0 Å². The minimum atomic E-state index is -0.0512. The van der Waals surface area contributed by atoms with Crippen molar-refractivity contribution in [2.24, 2.45) is 5.41 Å². The van der Waals surface area contributed by atoms with Crippen molar-refractivity contribution in [1.29, 1.82) is 0 Å². The summed E-state index contributed by atoms with van der Waals surface area (Å²) in [6.45, 7) is 2.95. The zero-order chi connectivity index (χ0) is 12.3. The first-order valence-corrected chi connectivity index (χ1v) is 6.22. The highest BCUT2D eigenvalue weighted by Gasteiger charge is 2.35. The van der Waals surface area contributed by atoms with Crippen LogP contribution < -0.4 is 5.32 Å². The molecular formula is C14H19NO2. The van der Waals surface area contributed by atoms with Crippen molar-refractivity contribution in [3.05, 3.63) is 29.8 Å². The van der Waals surface area contributed by atoms with Gasteiger partial charge in [-0.25, -0.2) is 0 Å². The third-order valence-corrected chi connectivity index (χ3v) is 3.92. The lowest BCUT2D eigenvalue weighted by Gasteiger charge is -2.41. The van der Waals surface area contributed by atoms with Crippen molar-refractivity contribution < 1.29 is 9.90 Å². The highest BCUT2D eigenvalue weighted by Crippen LogP contribution is 2.43. The Bertz CT molecular complexity index is 388. The van der Waals surface area contributed by atoms with Crippen LogP contribution in [0.5, 0.6) is 5.75 Å². The SMILES string of the molecule is CCC1(CNC(=O)c2ccc(O)cc2)CCC1. The summed E-state index contributed by atoms with van der Waals surface area (Å²) in [6.07, 6.45) is 4.85. The molecule has 1 aromatic rings. The molecule has 1 saturated carbocycles. The molecule has 0 unspecified atom stereocenters. The number of aromatic hydroxyl groups is 1. The number of phenols is 1. The molecule has 1 amide bonds. The Hall–Kier alpha value is -1.51. The molecule has 0 heterocycles. The van der Waals surface area contributed by atoms with Crippen LogP contribution in [0.4, 0.5) is 0 Å². The minimum absolute atomic E-state index is 0.0512. The number of hydrogen-bond donors (Lipinski definition) is 2. The van der Waals surface area contributed by atoms with Gasteiger partial charge in [0.2, 0.25) is 0 Å². The monoisotopic (exact) mass is 233 g/mol. The molecule has 0 saturated heterocycles. The van der Waals surface area contributed by atoms with E-state index in [2.05, 4.69) is 12.2 Å². The van der Waals surface area contributed by atoms with E-state index in [9.17, 15) is 4.79 Å². The highest BCUT2D eigenvalue weighted by atomic mass is 16.3. The van der Waals surface area contributed by atoms with Crippen molar-refractivity contribution in [3.8, 4) is 5.75 Å². The molecule has 0 aromatic heterocycles. The average molecular weight is 233 g/mol. The van der Waals surface area contributed by atoms with Gasteiger partial charge in [-0.05, 0) is 48.9 Å². The number of benzene rings is 1. The lowest BCUT2D eigenvalue weighted by Crippen LogP contribution is -2.41. The first kappa shape index (κ1) is 12.0. The number of carbonyl (C=O) groups is 1. The van der Waals surface area contributed by atoms with Crippen LogP contribution in [0, 0.1) is 5.41 Å². The summed E-state index contributed by atoms with van der Waals surface area (Å²) in [6, 6.07) is 6.36. The van der Waals surface area contributed by atoms with Gasteiger partial charge in [0.05, 0.1) is 0 Å². The molecule has 0 spiro atoms. The Kier molecular flexibility index (Phi) is 3.36. The van der Waals surface area contributed by atoms with Gasteiger partial charge in [-0.2, -0.15) is 0 Å². The molecule has 0 radical (unpaired) electrons. The van der Waals surface area contributed by atoms with E-state index >= 15 is 0 Å². The third kappa shape index (κ3) is 2.60. The van der Waals surface area contributed by atoms with Crippen molar-refractivity contribution in [2.45, 2.75) is 32.6 Å². The predicted octanol–water partition coefficient (Wildman–Crippen LogP) is 2.70. The van der Waals surface area contributed by atoms with Crippen LogP contribution in [0.15, 0.2) is 24.3 Å². The molecule has 3 heteroatoms. The molecule has 3 nitrogen and oxygen atoms in total. The fourth-order valence-corrected chi connectivity index (χ4v) is 2.31. The molecule has 1 aliphatic rings. The minimum Gasteiger partial charge on any atom is -0.508 e. The van der Waals surface area contributed by atoms with E-state index in [1.807, 2.05) is 0 Å². The van der Waals surface area contributed by atoms with E-state index in [4.69, 9.17) is 5.11 Å². The number of rotatable bonds is 4. The fourth-order valence-electron chi connectivity index (χ4n) is 2.31. The van der Waals surface area contributed by atoms with E-state index in [-0.39, 0.29) is 11.7 Å². The first-order chi connectivity index (χ1) is 8.15. The van der Waals surface area contributed by atoms with Gasteiger partial charge < -0.3 is 10.4 Å². The number of carbonyl (C=O) groups excluding carboxylic acids is 1. The molecule has 0 atom stereocenters. The maximum absolute atomic E-state index is 11.9. The van der Waals surface area contributed by atoms with Gasteiger partial charge in [0.1, 0.15) is 5.75 Å². The predicted molar refractivity (Wildman–Crippen MR) is 67.0 cm³/mol. The molecule has 0 bridgehead atoms. The molecule has 17 heavy (non-hydrogen) atoms. The van der Waals surface area contributed by atoms with Crippen LogP contribution in [0.2, 0.25) is 0 Å². The van der Waals surface area contributed by atoms with Gasteiger partial charge in [-0.1, -0.05) is 13.3 Å². The maximum atomic E-state index is 11.9. The molecule has 2 rings (SSSR count). The second-order valence-corrected chi connectivity index (χ2v) is 4.94. The van der Waals surface area contributed by atoms with Crippen LogP contribution >= 0.6 is 0 Å². The van der Waals surface area contributed by atoms with Crippen LogP contribution in [0.1, 0.15) is 43.0 Å². The van der Waals surface area contributed by atoms with E-state index in [0.29, 0.717) is 11.0 Å². The normalized spacial score (nSPS) is 17.2. The Morgan fingerprint density at radius 1 is 1.35 bits per heavy atom. The van der Waals surface area contributed by atoms with Crippen LogP contribution in [0.25, 0.3) is 0 Å². The summed E-state index contributed by atoms with van der Waals surface area (Å²) in [4.78, 5) is 11.9. The van der Waals surface area contributed by atoms with Crippen molar-refractivity contribution in [2.75, 3.05) is 6.54 Å². The molecule has 1 aromatic carbocycles. The van der Waals surface area contributed by atoms with Gasteiger partial charge in [0.15, 0.2) is 0 Å². The van der Waals surface area contributed by atoms with E-state index in [0.717, 1.165) is 13.0 Å².